The molecule has 2 heterocycles. The highest BCUT2D eigenvalue weighted by Gasteiger charge is 2.37. The van der Waals surface area contributed by atoms with Gasteiger partial charge in [-0.25, -0.2) is 9.97 Å². The number of aromatic nitrogens is 2. The number of benzene rings is 9. The molecule has 0 spiro atoms. The van der Waals surface area contributed by atoms with Crippen LogP contribution in [0.1, 0.15) is 25.0 Å². The summed E-state index contributed by atoms with van der Waals surface area (Å²) < 4.78 is 6.63. The molecule has 0 aliphatic heterocycles. The Balaban J connectivity index is 1.09. The van der Waals surface area contributed by atoms with Crippen LogP contribution in [0.2, 0.25) is 0 Å². The second-order valence-corrected chi connectivity index (χ2v) is 16.5. The monoisotopic (exact) mass is 766 g/mol. The molecular weight excluding hydrogens is 729 g/mol. The van der Waals surface area contributed by atoms with Crippen LogP contribution < -0.4 is 0 Å². The first-order valence-electron chi connectivity index (χ1n) is 20.6. The molecule has 0 unspecified atom stereocenters. The van der Waals surface area contributed by atoms with Crippen LogP contribution in [0.15, 0.2) is 199 Å². The summed E-state index contributed by atoms with van der Waals surface area (Å²) in [5, 5.41) is 7.20. The molecule has 3 heteroatoms. The molecule has 60 heavy (non-hydrogen) atoms. The van der Waals surface area contributed by atoms with Crippen LogP contribution in [0.4, 0.5) is 0 Å². The van der Waals surface area contributed by atoms with Crippen molar-refractivity contribution in [3.63, 3.8) is 0 Å². The van der Waals surface area contributed by atoms with Crippen molar-refractivity contribution in [2.24, 2.45) is 0 Å². The van der Waals surface area contributed by atoms with Crippen molar-refractivity contribution in [2.75, 3.05) is 0 Å². The summed E-state index contributed by atoms with van der Waals surface area (Å²) in [6.07, 6.45) is 0. The zero-order valence-corrected chi connectivity index (χ0v) is 33.3. The summed E-state index contributed by atoms with van der Waals surface area (Å²) in [7, 11) is 0. The molecule has 12 rings (SSSR count). The number of hydrogen-bond donors (Lipinski definition) is 0. The van der Waals surface area contributed by atoms with Crippen LogP contribution in [0.3, 0.4) is 0 Å². The maximum atomic E-state index is 6.63. The van der Waals surface area contributed by atoms with Crippen LogP contribution in [-0.2, 0) is 5.41 Å². The van der Waals surface area contributed by atoms with Gasteiger partial charge in [-0.3, -0.25) is 0 Å². The fourth-order valence-electron chi connectivity index (χ4n) is 9.76. The smallest absolute Gasteiger partial charge is 0.160 e. The lowest BCUT2D eigenvalue weighted by Gasteiger charge is -2.23. The molecule has 0 saturated heterocycles. The molecular formula is C57H38N2O. The Morgan fingerprint density at radius 2 is 0.983 bits per heavy atom. The van der Waals surface area contributed by atoms with E-state index in [1.54, 1.807) is 0 Å². The van der Waals surface area contributed by atoms with Crippen LogP contribution in [0, 0.1) is 0 Å². The van der Waals surface area contributed by atoms with E-state index in [2.05, 4.69) is 190 Å². The van der Waals surface area contributed by atoms with Gasteiger partial charge in [0.05, 0.1) is 11.4 Å². The van der Waals surface area contributed by atoms with E-state index in [1.165, 1.54) is 49.4 Å². The molecule has 0 radical (unpaired) electrons. The number of rotatable bonds is 5. The first-order valence-corrected chi connectivity index (χ1v) is 20.6. The predicted octanol–water partition coefficient (Wildman–Crippen LogP) is 15.3. The average Bonchev–Trinajstić information content (AvgIpc) is 3.80. The molecule has 2 aromatic heterocycles. The zero-order valence-electron chi connectivity index (χ0n) is 33.3. The lowest BCUT2D eigenvalue weighted by molar-refractivity contribution is 0.666. The molecule has 0 bridgehead atoms. The van der Waals surface area contributed by atoms with E-state index in [0.29, 0.717) is 5.82 Å². The minimum absolute atomic E-state index is 0.195. The van der Waals surface area contributed by atoms with Crippen molar-refractivity contribution >= 4 is 43.5 Å². The molecule has 3 nitrogen and oxygen atoms in total. The summed E-state index contributed by atoms with van der Waals surface area (Å²) in [4.78, 5) is 10.7. The molecule has 282 valence electrons. The van der Waals surface area contributed by atoms with E-state index in [9.17, 15) is 0 Å². The topological polar surface area (TPSA) is 38.9 Å². The second-order valence-electron chi connectivity index (χ2n) is 16.5. The predicted molar refractivity (Wildman–Crippen MR) is 249 cm³/mol. The minimum atomic E-state index is -0.195. The summed E-state index contributed by atoms with van der Waals surface area (Å²) in [5.74, 6) is 0.689. The fourth-order valence-corrected chi connectivity index (χ4v) is 9.76. The molecule has 1 aliphatic rings. The van der Waals surface area contributed by atoms with Crippen molar-refractivity contribution < 1.29 is 4.42 Å². The van der Waals surface area contributed by atoms with E-state index in [1.807, 2.05) is 18.2 Å². The van der Waals surface area contributed by atoms with Gasteiger partial charge in [0.15, 0.2) is 5.82 Å². The van der Waals surface area contributed by atoms with Crippen LogP contribution in [-0.4, -0.2) is 9.97 Å². The van der Waals surface area contributed by atoms with Crippen molar-refractivity contribution in [3.05, 3.63) is 205 Å². The normalized spacial score (nSPS) is 13.0. The third kappa shape index (κ3) is 5.36. The van der Waals surface area contributed by atoms with E-state index >= 15 is 0 Å². The van der Waals surface area contributed by atoms with Crippen LogP contribution in [0.5, 0.6) is 0 Å². The summed E-state index contributed by atoms with van der Waals surface area (Å²) in [6, 6.07) is 69.5. The zero-order chi connectivity index (χ0) is 40.0. The highest BCUT2D eigenvalue weighted by atomic mass is 16.3. The number of hydrogen-bond acceptors (Lipinski definition) is 3. The molecule has 0 fully saturated rings. The Morgan fingerprint density at radius 3 is 1.82 bits per heavy atom. The standard InChI is InChI=1S/C57H38N2O/c1-57(2)50-33-38(27-28-46(50)48-29-26-36-15-7-9-20-44(36)54(48)57)51-34-52(59-56(58-51)37-16-4-3-5-17-37)41-31-39(43-22-12-18-35-14-6-8-19-42(35)43)30-40(32-41)45-23-13-24-49-47-21-10-11-25-53(47)60-55(45)49/h3-34H,1-2H3. The van der Waals surface area contributed by atoms with E-state index < -0.39 is 0 Å². The van der Waals surface area contributed by atoms with Gasteiger partial charge in [-0.15, -0.1) is 0 Å². The Bertz CT molecular complexity index is 3520. The molecule has 1 aliphatic carbocycles. The highest BCUT2D eigenvalue weighted by molar-refractivity contribution is 6.10. The van der Waals surface area contributed by atoms with Gasteiger partial charge in [0.25, 0.3) is 0 Å². The quantitative estimate of drug-likeness (QED) is 0.175. The third-order valence-corrected chi connectivity index (χ3v) is 12.6. The Hall–Kier alpha value is -7.62. The van der Waals surface area contributed by atoms with Gasteiger partial charge >= 0.3 is 0 Å². The molecule has 0 saturated carbocycles. The van der Waals surface area contributed by atoms with Gasteiger partial charge in [0.2, 0.25) is 0 Å². The first-order chi connectivity index (χ1) is 29.5. The lowest BCUT2D eigenvalue weighted by atomic mass is 9.80. The maximum absolute atomic E-state index is 6.63. The van der Waals surface area contributed by atoms with Crippen molar-refractivity contribution in [3.8, 4) is 67.3 Å². The molecule has 9 aromatic carbocycles. The minimum Gasteiger partial charge on any atom is -0.455 e. The molecule has 0 N–H and O–H groups in total. The van der Waals surface area contributed by atoms with Gasteiger partial charge in [0.1, 0.15) is 11.2 Å². The molecule has 11 aromatic rings. The van der Waals surface area contributed by atoms with E-state index in [0.717, 1.165) is 66.7 Å². The van der Waals surface area contributed by atoms with E-state index in [4.69, 9.17) is 14.4 Å². The first kappa shape index (κ1) is 34.4. The number of furan rings is 1. The van der Waals surface area contributed by atoms with Gasteiger partial charge < -0.3 is 4.42 Å². The van der Waals surface area contributed by atoms with Gasteiger partial charge in [0, 0.05) is 38.4 Å². The summed E-state index contributed by atoms with van der Waals surface area (Å²) in [6.45, 7) is 4.72. The highest BCUT2D eigenvalue weighted by Crippen LogP contribution is 2.52. The van der Waals surface area contributed by atoms with Crippen LogP contribution in [0.25, 0.3) is 111 Å². The lowest BCUT2D eigenvalue weighted by Crippen LogP contribution is -2.15. The molecule has 0 atom stereocenters. The van der Waals surface area contributed by atoms with Gasteiger partial charge in [-0.1, -0.05) is 172 Å². The van der Waals surface area contributed by atoms with Crippen molar-refractivity contribution in [2.45, 2.75) is 19.3 Å². The van der Waals surface area contributed by atoms with Gasteiger partial charge in [-0.2, -0.15) is 0 Å². The van der Waals surface area contributed by atoms with Crippen molar-refractivity contribution in [1.82, 2.24) is 9.97 Å². The Morgan fingerprint density at radius 1 is 0.383 bits per heavy atom. The third-order valence-electron chi connectivity index (χ3n) is 12.6. The maximum Gasteiger partial charge on any atom is 0.160 e. The summed E-state index contributed by atoms with van der Waals surface area (Å²) >= 11 is 0. The molecule has 0 amide bonds. The fraction of sp³-hybridized carbons (Fsp3) is 0.0526. The van der Waals surface area contributed by atoms with Crippen LogP contribution >= 0.6 is 0 Å². The summed E-state index contributed by atoms with van der Waals surface area (Å²) in [5.41, 5.74) is 16.0. The van der Waals surface area contributed by atoms with Crippen molar-refractivity contribution in [1.29, 1.82) is 0 Å². The SMILES string of the molecule is CC1(C)c2cc(-c3cc(-c4cc(-c5cccc6ccccc56)cc(-c5cccc6c5oc5ccccc56)c4)nc(-c4ccccc4)n3)ccc2-c2ccc3ccccc3c21. The number of para-hydroxylation sites is 2. The number of fused-ring (bicyclic) bond motifs is 9. The average molecular weight is 767 g/mol. The van der Waals surface area contributed by atoms with E-state index in [-0.39, 0.29) is 5.41 Å². The van der Waals surface area contributed by atoms with Gasteiger partial charge in [-0.05, 0) is 96.9 Å². The largest absolute Gasteiger partial charge is 0.455 e. The number of nitrogens with zero attached hydrogens (tertiary/aromatic N) is 2. The second kappa shape index (κ2) is 13.2. The Kier molecular flexibility index (Phi) is 7.58. The Labute approximate surface area is 348 Å².